The van der Waals surface area contributed by atoms with Crippen molar-refractivity contribution >= 4 is 17.8 Å². The molecule has 0 radical (unpaired) electrons. The lowest BCUT2D eigenvalue weighted by molar-refractivity contribution is 0.412. The van der Waals surface area contributed by atoms with Gasteiger partial charge in [0.15, 0.2) is 0 Å². The Bertz CT molecular complexity index is 398. The smallest absolute Gasteiger partial charge is 0.315 e. The van der Waals surface area contributed by atoms with Crippen LogP contribution in [0.5, 0.6) is 0 Å². The molecule has 6 heteroatoms. The molecule has 1 aromatic heterocycles. The first kappa shape index (κ1) is 15.6. The average Bonchev–Trinajstić information content (AvgIpc) is 2.94. The van der Waals surface area contributed by atoms with Gasteiger partial charge in [0.1, 0.15) is 0 Å². The molecule has 1 heterocycles. The molecule has 20 heavy (non-hydrogen) atoms. The van der Waals surface area contributed by atoms with E-state index in [1.807, 2.05) is 11.8 Å². The zero-order valence-electron chi connectivity index (χ0n) is 12.7. The van der Waals surface area contributed by atoms with Gasteiger partial charge in [-0.25, -0.2) is 0 Å². The Morgan fingerprint density at radius 3 is 2.90 bits per heavy atom. The fourth-order valence-corrected chi connectivity index (χ4v) is 3.55. The van der Waals surface area contributed by atoms with E-state index in [0.717, 1.165) is 13.0 Å². The fourth-order valence-electron chi connectivity index (χ4n) is 2.62. The summed E-state index contributed by atoms with van der Waals surface area (Å²) in [5.74, 6) is 0.664. The van der Waals surface area contributed by atoms with Gasteiger partial charge in [0.25, 0.3) is 0 Å². The molecular formula is C14H26N4OS. The standard InChI is InChI=1S/C14H26N4OS/c1-4-9-15-10(2)13-17-18-14(19-13)16-11-7-5-6-8-12(11)20-3/h10-12,15H,4-9H2,1-3H3,(H,16,18). The Kier molecular flexibility index (Phi) is 6.16. The summed E-state index contributed by atoms with van der Waals surface area (Å²) < 4.78 is 5.73. The summed E-state index contributed by atoms with van der Waals surface area (Å²) >= 11 is 1.93. The number of anilines is 1. The topological polar surface area (TPSA) is 63.0 Å². The van der Waals surface area contributed by atoms with Gasteiger partial charge in [0, 0.05) is 11.3 Å². The van der Waals surface area contributed by atoms with Crippen LogP contribution >= 0.6 is 11.8 Å². The van der Waals surface area contributed by atoms with Crippen LogP contribution in [0.2, 0.25) is 0 Å². The number of hydrogen-bond acceptors (Lipinski definition) is 6. The Morgan fingerprint density at radius 2 is 2.15 bits per heavy atom. The third-order valence-corrected chi connectivity index (χ3v) is 5.00. The van der Waals surface area contributed by atoms with Gasteiger partial charge in [0.05, 0.1) is 6.04 Å². The highest BCUT2D eigenvalue weighted by molar-refractivity contribution is 7.99. The molecule has 0 bridgehead atoms. The number of hydrogen-bond donors (Lipinski definition) is 2. The first-order valence-corrected chi connectivity index (χ1v) is 8.89. The SMILES string of the molecule is CCCNC(C)c1nnc(NC2CCCCC2SC)o1. The minimum Gasteiger partial charge on any atom is -0.406 e. The third kappa shape index (κ3) is 4.12. The van der Waals surface area contributed by atoms with Crippen LogP contribution in [0.25, 0.3) is 0 Å². The van der Waals surface area contributed by atoms with Crippen molar-refractivity contribution in [3.05, 3.63) is 5.89 Å². The Labute approximate surface area is 125 Å². The molecule has 0 saturated heterocycles. The molecule has 2 rings (SSSR count). The maximum Gasteiger partial charge on any atom is 0.315 e. The summed E-state index contributed by atoms with van der Waals surface area (Å²) in [4.78, 5) is 0. The Morgan fingerprint density at radius 1 is 1.35 bits per heavy atom. The molecule has 0 aromatic carbocycles. The van der Waals surface area contributed by atoms with Crippen molar-refractivity contribution in [3.63, 3.8) is 0 Å². The van der Waals surface area contributed by atoms with Crippen molar-refractivity contribution in [2.45, 2.75) is 63.3 Å². The van der Waals surface area contributed by atoms with Gasteiger partial charge in [-0.2, -0.15) is 11.8 Å². The third-order valence-electron chi connectivity index (χ3n) is 3.83. The van der Waals surface area contributed by atoms with Crippen LogP contribution < -0.4 is 10.6 Å². The van der Waals surface area contributed by atoms with Gasteiger partial charge in [-0.15, -0.1) is 5.10 Å². The van der Waals surface area contributed by atoms with E-state index in [1.165, 1.54) is 25.7 Å². The van der Waals surface area contributed by atoms with Gasteiger partial charge in [-0.3, -0.25) is 0 Å². The predicted octanol–water partition coefficient (Wildman–Crippen LogP) is 3.22. The van der Waals surface area contributed by atoms with E-state index in [2.05, 4.69) is 40.9 Å². The predicted molar refractivity (Wildman–Crippen MR) is 84.2 cm³/mol. The van der Waals surface area contributed by atoms with Gasteiger partial charge in [-0.05, 0) is 39.0 Å². The van der Waals surface area contributed by atoms with Gasteiger partial charge < -0.3 is 15.1 Å². The second-order valence-corrected chi connectivity index (χ2v) is 6.51. The van der Waals surface area contributed by atoms with E-state index in [1.54, 1.807) is 0 Å². The number of thioether (sulfide) groups is 1. The van der Waals surface area contributed by atoms with Gasteiger partial charge in [-0.1, -0.05) is 24.9 Å². The second-order valence-electron chi connectivity index (χ2n) is 5.43. The lowest BCUT2D eigenvalue weighted by Gasteiger charge is -2.30. The number of nitrogens with one attached hydrogen (secondary N) is 2. The summed E-state index contributed by atoms with van der Waals surface area (Å²) in [6.45, 7) is 5.16. The molecular weight excluding hydrogens is 272 g/mol. The largest absolute Gasteiger partial charge is 0.406 e. The molecule has 3 unspecified atom stereocenters. The highest BCUT2D eigenvalue weighted by Gasteiger charge is 2.26. The van der Waals surface area contributed by atoms with Crippen LogP contribution in [-0.2, 0) is 0 Å². The first-order valence-electron chi connectivity index (χ1n) is 7.60. The van der Waals surface area contributed by atoms with Crippen molar-refractivity contribution in [1.82, 2.24) is 15.5 Å². The highest BCUT2D eigenvalue weighted by Crippen LogP contribution is 2.29. The first-order chi connectivity index (χ1) is 9.74. The normalized spacial score (nSPS) is 24.6. The summed E-state index contributed by atoms with van der Waals surface area (Å²) in [6, 6.07) is 1.13. The maximum absolute atomic E-state index is 5.73. The van der Waals surface area contributed by atoms with E-state index in [9.17, 15) is 0 Å². The molecule has 5 nitrogen and oxygen atoms in total. The van der Waals surface area contributed by atoms with Gasteiger partial charge >= 0.3 is 6.01 Å². The molecule has 0 amide bonds. The number of nitrogens with zero attached hydrogens (tertiary/aromatic N) is 2. The minimum absolute atomic E-state index is 0.112. The summed E-state index contributed by atoms with van der Waals surface area (Å²) in [6.07, 6.45) is 8.35. The van der Waals surface area contributed by atoms with Crippen molar-refractivity contribution in [2.75, 3.05) is 18.1 Å². The van der Waals surface area contributed by atoms with Crippen LogP contribution in [0, 0.1) is 0 Å². The lowest BCUT2D eigenvalue weighted by Crippen LogP contribution is -2.34. The zero-order chi connectivity index (χ0) is 14.4. The van der Waals surface area contributed by atoms with Crippen molar-refractivity contribution in [3.8, 4) is 0 Å². The van der Waals surface area contributed by atoms with Crippen molar-refractivity contribution in [2.24, 2.45) is 0 Å². The fraction of sp³-hybridized carbons (Fsp3) is 0.857. The lowest BCUT2D eigenvalue weighted by atomic mass is 9.95. The van der Waals surface area contributed by atoms with E-state index in [4.69, 9.17) is 4.42 Å². The average molecular weight is 298 g/mol. The monoisotopic (exact) mass is 298 g/mol. The maximum atomic E-state index is 5.73. The van der Waals surface area contributed by atoms with Crippen LogP contribution in [-0.4, -0.2) is 34.3 Å². The number of rotatable bonds is 7. The highest BCUT2D eigenvalue weighted by atomic mass is 32.2. The molecule has 1 aliphatic rings. The Hall–Kier alpha value is -0.750. The molecule has 3 atom stereocenters. The minimum atomic E-state index is 0.112. The molecule has 114 valence electrons. The van der Waals surface area contributed by atoms with Crippen LogP contribution in [0.3, 0.4) is 0 Å². The summed E-state index contributed by atoms with van der Waals surface area (Å²) in [5, 5.41) is 15.7. The van der Waals surface area contributed by atoms with Gasteiger partial charge in [0.2, 0.25) is 5.89 Å². The van der Waals surface area contributed by atoms with Crippen LogP contribution in [0.15, 0.2) is 4.42 Å². The number of aromatic nitrogens is 2. The van der Waals surface area contributed by atoms with Crippen molar-refractivity contribution in [1.29, 1.82) is 0 Å². The zero-order valence-corrected chi connectivity index (χ0v) is 13.5. The second kappa shape index (κ2) is 7.88. The Balaban J connectivity index is 1.91. The molecule has 1 fully saturated rings. The molecule has 1 aromatic rings. The van der Waals surface area contributed by atoms with E-state index >= 15 is 0 Å². The molecule has 0 spiro atoms. The van der Waals surface area contributed by atoms with Crippen LogP contribution in [0.4, 0.5) is 6.01 Å². The summed E-state index contributed by atoms with van der Waals surface area (Å²) in [5.41, 5.74) is 0. The quantitative estimate of drug-likeness (QED) is 0.806. The van der Waals surface area contributed by atoms with E-state index in [0.29, 0.717) is 23.2 Å². The molecule has 0 aliphatic heterocycles. The van der Waals surface area contributed by atoms with E-state index in [-0.39, 0.29) is 6.04 Å². The molecule has 1 saturated carbocycles. The van der Waals surface area contributed by atoms with Crippen molar-refractivity contribution < 1.29 is 4.42 Å². The van der Waals surface area contributed by atoms with E-state index < -0.39 is 0 Å². The summed E-state index contributed by atoms with van der Waals surface area (Å²) in [7, 11) is 0. The van der Waals surface area contributed by atoms with Crippen LogP contribution in [0.1, 0.15) is 57.9 Å². The molecule has 1 aliphatic carbocycles. The molecule has 2 N–H and O–H groups in total.